The van der Waals surface area contributed by atoms with Gasteiger partial charge in [0.2, 0.25) is 5.91 Å². The predicted molar refractivity (Wildman–Crippen MR) is 90.9 cm³/mol. The van der Waals surface area contributed by atoms with Gasteiger partial charge in [0.1, 0.15) is 0 Å². The quantitative estimate of drug-likeness (QED) is 0.471. The van der Waals surface area contributed by atoms with E-state index in [2.05, 4.69) is 16.0 Å². The molecule has 0 spiro atoms. The van der Waals surface area contributed by atoms with Crippen LogP contribution in [0, 0.1) is 5.92 Å². The van der Waals surface area contributed by atoms with Crippen molar-refractivity contribution in [3.8, 4) is 0 Å². The normalized spacial score (nSPS) is 14.2. The Morgan fingerprint density at radius 2 is 1.70 bits per heavy atom. The lowest BCUT2D eigenvalue weighted by Crippen LogP contribution is -2.56. The molecule has 23 heavy (non-hydrogen) atoms. The summed E-state index contributed by atoms with van der Waals surface area (Å²) in [6.07, 6.45) is 1.02. The molecule has 134 valence electrons. The fourth-order valence-electron chi connectivity index (χ4n) is 2.16. The zero-order valence-corrected chi connectivity index (χ0v) is 15.2. The Labute approximate surface area is 139 Å². The van der Waals surface area contributed by atoms with Crippen LogP contribution >= 0.6 is 0 Å². The minimum Gasteiger partial charge on any atom is -0.352 e. The first-order valence-electron chi connectivity index (χ1n) is 8.06. The summed E-state index contributed by atoms with van der Waals surface area (Å²) in [5.41, 5.74) is 4.78. The molecule has 0 aliphatic carbocycles. The van der Waals surface area contributed by atoms with Gasteiger partial charge in [-0.3, -0.25) is 9.59 Å². The zero-order valence-electron chi connectivity index (χ0n) is 15.2. The molecule has 0 heterocycles. The smallest absolute Gasteiger partial charge is 0.312 e. The SMILES string of the molecule is CC(=O)[C@H](CCCNC(N)=O)NC(=O)[C@@H](NC(C)(C)C)C(C)C. The Morgan fingerprint density at radius 1 is 1.13 bits per heavy atom. The standard InChI is InChI=1S/C16H32N4O3/c1-10(2)13(20-16(4,5)6)14(22)19-12(11(3)21)8-7-9-18-15(17)23/h10,12-13,20H,7-9H2,1-6H3,(H,19,22)(H3,17,18,23)/t12-,13-/m0/s1. The van der Waals surface area contributed by atoms with E-state index in [1.54, 1.807) is 0 Å². The zero-order chi connectivity index (χ0) is 18.2. The van der Waals surface area contributed by atoms with Gasteiger partial charge in [0.05, 0.1) is 12.1 Å². The summed E-state index contributed by atoms with van der Waals surface area (Å²) < 4.78 is 0. The van der Waals surface area contributed by atoms with Gasteiger partial charge in [-0.15, -0.1) is 0 Å². The minimum absolute atomic E-state index is 0.0957. The number of nitrogens with one attached hydrogen (secondary N) is 3. The van der Waals surface area contributed by atoms with E-state index in [9.17, 15) is 14.4 Å². The molecule has 0 aromatic heterocycles. The molecule has 3 amide bonds. The van der Waals surface area contributed by atoms with Crippen molar-refractivity contribution in [1.29, 1.82) is 0 Å². The maximum atomic E-state index is 12.5. The summed E-state index contributed by atoms with van der Waals surface area (Å²) in [5.74, 6) is -0.188. The van der Waals surface area contributed by atoms with Crippen LogP contribution in [-0.2, 0) is 9.59 Å². The van der Waals surface area contributed by atoms with E-state index in [4.69, 9.17) is 5.73 Å². The number of rotatable bonds is 9. The van der Waals surface area contributed by atoms with Crippen molar-refractivity contribution in [1.82, 2.24) is 16.0 Å². The van der Waals surface area contributed by atoms with E-state index in [0.717, 1.165) is 0 Å². The van der Waals surface area contributed by atoms with Gasteiger partial charge in [-0.25, -0.2) is 4.79 Å². The Hall–Kier alpha value is -1.63. The molecule has 0 saturated heterocycles. The number of hydrogen-bond donors (Lipinski definition) is 4. The molecule has 2 atom stereocenters. The van der Waals surface area contributed by atoms with Crippen molar-refractivity contribution in [2.45, 2.75) is 72.0 Å². The summed E-state index contributed by atoms with van der Waals surface area (Å²) >= 11 is 0. The summed E-state index contributed by atoms with van der Waals surface area (Å²) in [5, 5.41) is 8.57. The Kier molecular flexibility index (Phi) is 8.82. The maximum absolute atomic E-state index is 12.5. The highest BCUT2D eigenvalue weighted by atomic mass is 16.2. The molecule has 0 rings (SSSR count). The van der Waals surface area contributed by atoms with Crippen LogP contribution in [0.3, 0.4) is 0 Å². The van der Waals surface area contributed by atoms with Gasteiger partial charge in [0.15, 0.2) is 5.78 Å². The van der Waals surface area contributed by atoms with Gasteiger partial charge in [0, 0.05) is 12.1 Å². The van der Waals surface area contributed by atoms with Crippen LogP contribution in [0.1, 0.15) is 54.4 Å². The summed E-state index contributed by atoms with van der Waals surface area (Å²) in [7, 11) is 0. The molecule has 0 aliphatic heterocycles. The Morgan fingerprint density at radius 3 is 2.09 bits per heavy atom. The highest BCUT2D eigenvalue weighted by Crippen LogP contribution is 2.10. The summed E-state index contributed by atoms with van der Waals surface area (Å²) in [6.45, 7) is 11.7. The van der Waals surface area contributed by atoms with E-state index in [-0.39, 0.29) is 29.2 Å². The highest BCUT2D eigenvalue weighted by molar-refractivity contribution is 5.89. The van der Waals surface area contributed by atoms with Crippen LogP contribution in [0.15, 0.2) is 0 Å². The van der Waals surface area contributed by atoms with E-state index in [1.165, 1.54) is 6.92 Å². The lowest BCUT2D eigenvalue weighted by Gasteiger charge is -2.31. The first-order chi connectivity index (χ1) is 10.4. The lowest BCUT2D eigenvalue weighted by molar-refractivity contribution is -0.129. The van der Waals surface area contributed by atoms with Gasteiger partial charge in [-0.2, -0.15) is 0 Å². The molecule has 0 bridgehead atoms. The summed E-state index contributed by atoms with van der Waals surface area (Å²) in [4.78, 5) is 34.9. The molecule has 0 saturated carbocycles. The predicted octanol–water partition coefficient (Wildman–Crippen LogP) is 0.921. The van der Waals surface area contributed by atoms with E-state index in [0.29, 0.717) is 19.4 Å². The second-order valence-electron chi connectivity index (χ2n) is 7.22. The second-order valence-corrected chi connectivity index (χ2v) is 7.22. The van der Waals surface area contributed by atoms with E-state index < -0.39 is 12.1 Å². The molecule has 7 nitrogen and oxygen atoms in total. The van der Waals surface area contributed by atoms with E-state index >= 15 is 0 Å². The lowest BCUT2D eigenvalue weighted by atomic mass is 9.97. The van der Waals surface area contributed by atoms with Crippen LogP contribution in [0.2, 0.25) is 0 Å². The third-order valence-corrected chi connectivity index (χ3v) is 3.31. The molecule has 0 fully saturated rings. The number of amides is 3. The third-order valence-electron chi connectivity index (χ3n) is 3.31. The van der Waals surface area contributed by atoms with Crippen molar-refractivity contribution in [2.75, 3.05) is 6.54 Å². The van der Waals surface area contributed by atoms with E-state index in [1.807, 2.05) is 34.6 Å². The molecular formula is C16H32N4O3. The maximum Gasteiger partial charge on any atom is 0.312 e. The number of carbonyl (C=O) groups is 3. The minimum atomic E-state index is -0.595. The number of nitrogens with two attached hydrogens (primary N) is 1. The number of primary amides is 1. The average Bonchev–Trinajstić information content (AvgIpc) is 2.37. The van der Waals surface area contributed by atoms with Crippen LogP contribution in [-0.4, -0.2) is 41.9 Å². The van der Waals surface area contributed by atoms with Crippen molar-refractivity contribution in [2.24, 2.45) is 11.7 Å². The molecule has 5 N–H and O–H groups in total. The Balaban J connectivity index is 4.68. The fourth-order valence-corrected chi connectivity index (χ4v) is 2.16. The first-order valence-corrected chi connectivity index (χ1v) is 8.06. The van der Waals surface area contributed by atoms with Crippen molar-refractivity contribution in [3.63, 3.8) is 0 Å². The second kappa shape index (κ2) is 9.50. The number of urea groups is 1. The number of carbonyl (C=O) groups excluding carboxylic acids is 3. The largest absolute Gasteiger partial charge is 0.352 e. The number of ketones is 1. The molecule has 0 aromatic rings. The molecule has 0 unspecified atom stereocenters. The number of hydrogen-bond acceptors (Lipinski definition) is 4. The summed E-state index contributed by atoms with van der Waals surface area (Å²) in [6, 6.07) is -1.52. The van der Waals surface area contributed by atoms with Crippen molar-refractivity contribution >= 4 is 17.7 Å². The van der Waals surface area contributed by atoms with Crippen LogP contribution in [0.25, 0.3) is 0 Å². The molecule has 0 aromatic carbocycles. The first kappa shape index (κ1) is 21.4. The van der Waals surface area contributed by atoms with Gasteiger partial charge in [0.25, 0.3) is 0 Å². The van der Waals surface area contributed by atoms with Crippen molar-refractivity contribution < 1.29 is 14.4 Å². The van der Waals surface area contributed by atoms with Gasteiger partial charge in [-0.1, -0.05) is 13.8 Å². The van der Waals surface area contributed by atoms with Gasteiger partial charge < -0.3 is 21.7 Å². The molecule has 7 heteroatoms. The molecule has 0 radical (unpaired) electrons. The van der Waals surface area contributed by atoms with Gasteiger partial charge >= 0.3 is 6.03 Å². The van der Waals surface area contributed by atoms with Crippen LogP contribution < -0.4 is 21.7 Å². The molecule has 0 aliphatic rings. The Bertz CT molecular complexity index is 416. The molecular weight excluding hydrogens is 296 g/mol. The number of Topliss-reactive ketones (excluding diaryl/α,β-unsaturated/α-hetero) is 1. The van der Waals surface area contributed by atoms with Crippen molar-refractivity contribution in [3.05, 3.63) is 0 Å². The third kappa shape index (κ3) is 9.89. The highest BCUT2D eigenvalue weighted by Gasteiger charge is 2.28. The average molecular weight is 328 g/mol. The van der Waals surface area contributed by atoms with Crippen LogP contribution in [0.4, 0.5) is 4.79 Å². The topological polar surface area (TPSA) is 113 Å². The monoisotopic (exact) mass is 328 g/mol. The van der Waals surface area contributed by atoms with Crippen LogP contribution in [0.5, 0.6) is 0 Å². The van der Waals surface area contributed by atoms with Gasteiger partial charge in [-0.05, 0) is 46.5 Å². The fraction of sp³-hybridized carbons (Fsp3) is 0.812.